The van der Waals surface area contributed by atoms with Gasteiger partial charge in [-0.3, -0.25) is 10.1 Å². The van der Waals surface area contributed by atoms with Gasteiger partial charge in [0.05, 0.1) is 10.5 Å². The first-order chi connectivity index (χ1) is 6.77. The number of nitro groups is 1. The molecule has 0 saturated heterocycles. The van der Waals surface area contributed by atoms with Crippen molar-refractivity contribution in [2.24, 2.45) is 5.92 Å². The van der Waals surface area contributed by atoms with Crippen LogP contribution in [0.5, 0.6) is 0 Å². The molecule has 1 saturated carbocycles. The van der Waals surface area contributed by atoms with Crippen molar-refractivity contribution in [1.82, 2.24) is 0 Å². The second-order valence-corrected chi connectivity index (χ2v) is 3.51. The number of hydrogen-bond acceptors (Lipinski definition) is 2. The topological polar surface area (TPSA) is 43.1 Å². The first-order valence-corrected chi connectivity index (χ1v) is 4.69. The van der Waals surface area contributed by atoms with Gasteiger partial charge in [0.25, 0.3) is 5.70 Å². The van der Waals surface area contributed by atoms with Gasteiger partial charge in [0, 0.05) is 0 Å². The molecule has 0 aliphatic heterocycles. The van der Waals surface area contributed by atoms with Crippen molar-refractivity contribution in [1.29, 1.82) is 0 Å². The van der Waals surface area contributed by atoms with Crippen LogP contribution in [0.1, 0.15) is 18.4 Å². The smallest absolute Gasteiger partial charge is 0.258 e. The van der Waals surface area contributed by atoms with E-state index in [0.29, 0.717) is 11.5 Å². The standard InChI is InChI=1S/C11H11NO2/c13-12(14)11(8-9-6-7-9)10-4-2-1-3-5-10/h1-5,8-9H,6-7H2. The fraction of sp³-hybridized carbons (Fsp3) is 0.273. The highest BCUT2D eigenvalue weighted by molar-refractivity contribution is 5.58. The van der Waals surface area contributed by atoms with Crippen molar-refractivity contribution >= 4 is 5.70 Å². The monoisotopic (exact) mass is 189 g/mol. The fourth-order valence-corrected chi connectivity index (χ4v) is 1.36. The van der Waals surface area contributed by atoms with Crippen molar-refractivity contribution < 1.29 is 4.92 Å². The highest BCUT2D eigenvalue weighted by atomic mass is 16.6. The molecule has 0 atom stereocenters. The minimum absolute atomic E-state index is 0.244. The Labute approximate surface area is 82.2 Å². The van der Waals surface area contributed by atoms with Gasteiger partial charge < -0.3 is 0 Å². The summed E-state index contributed by atoms with van der Waals surface area (Å²) in [5.41, 5.74) is 0.942. The number of hydrogen-bond donors (Lipinski definition) is 0. The second kappa shape index (κ2) is 3.62. The molecule has 0 spiro atoms. The predicted molar refractivity (Wildman–Crippen MR) is 54.1 cm³/mol. The summed E-state index contributed by atoms with van der Waals surface area (Å²) < 4.78 is 0. The summed E-state index contributed by atoms with van der Waals surface area (Å²) in [5.74, 6) is 0.426. The van der Waals surface area contributed by atoms with Crippen molar-refractivity contribution in [3.63, 3.8) is 0 Å². The summed E-state index contributed by atoms with van der Waals surface area (Å²) in [6, 6.07) is 9.05. The molecule has 0 aromatic heterocycles. The lowest BCUT2D eigenvalue weighted by molar-refractivity contribution is -0.375. The summed E-state index contributed by atoms with van der Waals surface area (Å²) in [4.78, 5) is 10.5. The van der Waals surface area contributed by atoms with E-state index in [1.807, 2.05) is 18.2 Å². The Hall–Kier alpha value is -1.64. The van der Waals surface area contributed by atoms with E-state index >= 15 is 0 Å². The average molecular weight is 189 g/mol. The van der Waals surface area contributed by atoms with E-state index in [1.165, 1.54) is 0 Å². The number of allylic oxidation sites excluding steroid dienone is 1. The van der Waals surface area contributed by atoms with Crippen LogP contribution < -0.4 is 0 Å². The molecule has 0 heterocycles. The third kappa shape index (κ3) is 1.99. The van der Waals surface area contributed by atoms with E-state index in [2.05, 4.69) is 0 Å². The lowest BCUT2D eigenvalue weighted by Crippen LogP contribution is -1.97. The zero-order valence-electron chi connectivity index (χ0n) is 7.72. The summed E-state index contributed by atoms with van der Waals surface area (Å²) in [6.45, 7) is 0. The van der Waals surface area contributed by atoms with E-state index in [4.69, 9.17) is 0 Å². The Morgan fingerprint density at radius 3 is 2.50 bits per heavy atom. The highest BCUT2D eigenvalue weighted by Crippen LogP contribution is 2.33. The summed E-state index contributed by atoms with van der Waals surface area (Å²) in [5, 5.41) is 10.8. The van der Waals surface area contributed by atoms with Crippen LogP contribution in [0.25, 0.3) is 5.70 Å². The normalized spacial score (nSPS) is 16.7. The Kier molecular flexibility index (Phi) is 2.31. The molecule has 72 valence electrons. The molecule has 0 N–H and O–H groups in total. The summed E-state index contributed by atoms with van der Waals surface area (Å²) >= 11 is 0. The van der Waals surface area contributed by atoms with Crippen molar-refractivity contribution in [3.05, 3.63) is 52.1 Å². The SMILES string of the molecule is O=[N+]([O-])C(=CC1CC1)c1ccccc1. The third-order valence-electron chi connectivity index (χ3n) is 2.28. The van der Waals surface area contributed by atoms with Crippen molar-refractivity contribution in [3.8, 4) is 0 Å². The molecule has 3 heteroatoms. The fourth-order valence-electron chi connectivity index (χ4n) is 1.36. The van der Waals surface area contributed by atoms with Crippen LogP contribution in [0.3, 0.4) is 0 Å². The van der Waals surface area contributed by atoms with Crippen LogP contribution in [0.4, 0.5) is 0 Å². The van der Waals surface area contributed by atoms with Gasteiger partial charge in [-0.05, 0) is 37.0 Å². The van der Waals surface area contributed by atoms with Gasteiger partial charge in [-0.1, -0.05) is 18.2 Å². The van der Waals surface area contributed by atoms with Gasteiger partial charge in [0.15, 0.2) is 0 Å². The van der Waals surface area contributed by atoms with E-state index in [-0.39, 0.29) is 10.6 Å². The maximum Gasteiger partial charge on any atom is 0.272 e. The van der Waals surface area contributed by atoms with Crippen molar-refractivity contribution in [2.75, 3.05) is 0 Å². The molecule has 2 rings (SSSR count). The zero-order chi connectivity index (χ0) is 9.97. The van der Waals surface area contributed by atoms with Gasteiger partial charge in [-0.25, -0.2) is 0 Å². The van der Waals surface area contributed by atoms with E-state index < -0.39 is 0 Å². The maximum atomic E-state index is 10.8. The van der Waals surface area contributed by atoms with E-state index in [9.17, 15) is 10.1 Å². The highest BCUT2D eigenvalue weighted by Gasteiger charge is 2.24. The Morgan fingerprint density at radius 1 is 1.36 bits per heavy atom. The molecular weight excluding hydrogens is 178 g/mol. The molecule has 0 radical (unpaired) electrons. The van der Waals surface area contributed by atoms with Gasteiger partial charge in [0.2, 0.25) is 0 Å². The summed E-state index contributed by atoms with van der Waals surface area (Å²) in [6.07, 6.45) is 3.95. The van der Waals surface area contributed by atoms with Crippen LogP contribution in [-0.2, 0) is 0 Å². The minimum atomic E-state index is -0.298. The van der Waals surface area contributed by atoms with Crippen LogP contribution in [0.2, 0.25) is 0 Å². The Morgan fingerprint density at radius 2 is 2.00 bits per heavy atom. The van der Waals surface area contributed by atoms with Crippen LogP contribution in [-0.4, -0.2) is 4.92 Å². The van der Waals surface area contributed by atoms with Crippen molar-refractivity contribution in [2.45, 2.75) is 12.8 Å². The predicted octanol–water partition coefficient (Wildman–Crippen LogP) is 2.71. The maximum absolute atomic E-state index is 10.8. The molecule has 1 fully saturated rings. The molecule has 14 heavy (non-hydrogen) atoms. The Balaban J connectivity index is 2.31. The van der Waals surface area contributed by atoms with Gasteiger partial charge in [0.1, 0.15) is 0 Å². The Bertz CT molecular complexity index is 366. The number of rotatable bonds is 3. The first kappa shape index (κ1) is 8.94. The number of benzene rings is 1. The summed E-state index contributed by atoms with van der Waals surface area (Å²) in [7, 11) is 0. The van der Waals surface area contributed by atoms with Gasteiger partial charge in [-0.15, -0.1) is 0 Å². The van der Waals surface area contributed by atoms with Crippen LogP contribution >= 0.6 is 0 Å². The van der Waals surface area contributed by atoms with E-state index in [0.717, 1.165) is 12.8 Å². The van der Waals surface area contributed by atoms with Crippen LogP contribution in [0.15, 0.2) is 36.4 Å². The molecule has 0 bridgehead atoms. The molecule has 1 aliphatic carbocycles. The molecule has 1 aromatic carbocycles. The van der Waals surface area contributed by atoms with Crippen LogP contribution in [0, 0.1) is 16.0 Å². The first-order valence-electron chi connectivity index (χ1n) is 4.69. The molecular formula is C11H11NO2. The lowest BCUT2D eigenvalue weighted by Gasteiger charge is -1.97. The van der Waals surface area contributed by atoms with E-state index in [1.54, 1.807) is 18.2 Å². The minimum Gasteiger partial charge on any atom is -0.258 e. The largest absolute Gasteiger partial charge is 0.272 e. The molecule has 1 aromatic rings. The van der Waals surface area contributed by atoms with Gasteiger partial charge >= 0.3 is 0 Å². The second-order valence-electron chi connectivity index (χ2n) is 3.51. The van der Waals surface area contributed by atoms with Gasteiger partial charge in [-0.2, -0.15) is 0 Å². The molecule has 0 amide bonds. The molecule has 3 nitrogen and oxygen atoms in total. The average Bonchev–Trinajstić information content (AvgIpc) is 2.99. The lowest BCUT2D eigenvalue weighted by atomic mass is 10.1. The third-order valence-corrected chi connectivity index (χ3v) is 2.28. The molecule has 1 aliphatic rings. The molecule has 0 unspecified atom stereocenters. The zero-order valence-corrected chi connectivity index (χ0v) is 7.72. The number of nitrogens with zero attached hydrogens (tertiary/aromatic N) is 1. The quantitative estimate of drug-likeness (QED) is 0.542.